The van der Waals surface area contributed by atoms with Gasteiger partial charge in [0.05, 0.1) is 25.0 Å². The molecule has 164 valence electrons. The first-order chi connectivity index (χ1) is 15.1. The predicted molar refractivity (Wildman–Crippen MR) is 119 cm³/mol. The van der Waals surface area contributed by atoms with Gasteiger partial charge in [0.25, 0.3) is 0 Å². The zero-order valence-electron chi connectivity index (χ0n) is 18.0. The van der Waals surface area contributed by atoms with Crippen LogP contribution in [-0.4, -0.2) is 49.7 Å². The van der Waals surface area contributed by atoms with Crippen LogP contribution in [0.15, 0.2) is 35.5 Å². The molecule has 3 heterocycles. The number of aromatic amines is 1. The summed E-state index contributed by atoms with van der Waals surface area (Å²) < 4.78 is 7.69. The van der Waals surface area contributed by atoms with Gasteiger partial charge in [0.1, 0.15) is 11.9 Å². The number of aromatic nitrogens is 5. The summed E-state index contributed by atoms with van der Waals surface area (Å²) >= 11 is 0. The standard InChI is InChI=1S/C21H29N9O/c1-3-4-5-6-10-30-19(22)18-16(24-21(30)23)9-11-29(18)13-15-12-14(7-8-17(15)31-2)20-25-27-28-26-20/h7-9,11-12,19H,3-6,10,13,22H2,1-2H3,(H2,23,24)(H,25,26,27,28). The van der Waals surface area contributed by atoms with Crippen LogP contribution in [0.1, 0.15) is 50.0 Å². The molecule has 1 aliphatic heterocycles. The average molecular weight is 424 g/mol. The van der Waals surface area contributed by atoms with Crippen molar-refractivity contribution in [1.29, 1.82) is 0 Å². The number of nitrogens with two attached hydrogens (primary N) is 2. The topological polar surface area (TPSA) is 136 Å². The molecule has 0 saturated carbocycles. The third-order valence-electron chi connectivity index (χ3n) is 5.61. The number of hydrogen-bond acceptors (Lipinski definition) is 8. The Morgan fingerprint density at radius 1 is 1.19 bits per heavy atom. The number of fused-ring (bicyclic) bond motifs is 1. The molecule has 0 amide bonds. The molecule has 1 atom stereocenters. The fourth-order valence-corrected chi connectivity index (χ4v) is 3.98. The van der Waals surface area contributed by atoms with E-state index in [2.05, 4.69) is 37.1 Å². The minimum atomic E-state index is -0.351. The predicted octanol–water partition coefficient (Wildman–Crippen LogP) is 2.52. The van der Waals surface area contributed by atoms with E-state index in [1.807, 2.05) is 35.4 Å². The summed E-state index contributed by atoms with van der Waals surface area (Å²) in [6.07, 6.45) is 6.22. The number of hydrogen-bond donors (Lipinski definition) is 3. The Morgan fingerprint density at radius 3 is 2.81 bits per heavy atom. The van der Waals surface area contributed by atoms with Crippen LogP contribution in [0.2, 0.25) is 0 Å². The largest absolute Gasteiger partial charge is 0.496 e. The van der Waals surface area contributed by atoms with Gasteiger partial charge in [-0.3, -0.25) is 0 Å². The lowest BCUT2D eigenvalue weighted by Crippen LogP contribution is -2.46. The van der Waals surface area contributed by atoms with E-state index in [-0.39, 0.29) is 6.17 Å². The third-order valence-corrected chi connectivity index (χ3v) is 5.61. The zero-order chi connectivity index (χ0) is 21.8. The smallest absolute Gasteiger partial charge is 0.204 e. The second-order valence-electron chi connectivity index (χ2n) is 7.65. The average Bonchev–Trinajstić information content (AvgIpc) is 3.44. The van der Waals surface area contributed by atoms with Crippen molar-refractivity contribution < 1.29 is 4.74 Å². The number of aliphatic imine (C=N–C) groups is 1. The van der Waals surface area contributed by atoms with Gasteiger partial charge in [0, 0.05) is 23.9 Å². The minimum Gasteiger partial charge on any atom is -0.496 e. The van der Waals surface area contributed by atoms with Gasteiger partial charge in [-0.25, -0.2) is 4.99 Å². The van der Waals surface area contributed by atoms with Crippen molar-refractivity contribution in [2.45, 2.75) is 45.3 Å². The maximum atomic E-state index is 6.65. The molecule has 0 aliphatic carbocycles. The third kappa shape index (κ3) is 4.24. The molecule has 0 spiro atoms. The Bertz CT molecular complexity index is 1040. The molecule has 0 bridgehead atoms. The summed E-state index contributed by atoms with van der Waals surface area (Å²) in [5.41, 5.74) is 16.5. The second kappa shape index (κ2) is 9.17. The Balaban J connectivity index is 1.60. The van der Waals surface area contributed by atoms with Crippen molar-refractivity contribution >= 4 is 11.6 Å². The van der Waals surface area contributed by atoms with E-state index in [1.165, 1.54) is 12.8 Å². The number of guanidine groups is 1. The highest BCUT2D eigenvalue weighted by Gasteiger charge is 2.29. The van der Waals surface area contributed by atoms with Gasteiger partial charge in [0.15, 0.2) is 5.96 Å². The first-order valence-corrected chi connectivity index (χ1v) is 10.6. The Labute approximate surface area is 181 Å². The number of benzene rings is 1. The van der Waals surface area contributed by atoms with Crippen molar-refractivity contribution in [3.05, 3.63) is 41.7 Å². The lowest BCUT2D eigenvalue weighted by molar-refractivity contribution is 0.295. The number of nitrogens with zero attached hydrogens (tertiary/aromatic N) is 6. The maximum absolute atomic E-state index is 6.65. The van der Waals surface area contributed by atoms with Crippen LogP contribution >= 0.6 is 0 Å². The fourth-order valence-electron chi connectivity index (χ4n) is 3.98. The molecule has 1 aliphatic rings. The second-order valence-corrected chi connectivity index (χ2v) is 7.65. The van der Waals surface area contributed by atoms with Crippen molar-refractivity contribution in [3.8, 4) is 17.1 Å². The molecular formula is C21H29N9O. The molecule has 3 aromatic rings. The quantitative estimate of drug-likeness (QED) is 0.450. The number of ether oxygens (including phenoxy) is 1. The Morgan fingerprint density at radius 2 is 2.06 bits per heavy atom. The van der Waals surface area contributed by atoms with E-state index in [9.17, 15) is 0 Å². The molecule has 1 unspecified atom stereocenters. The molecular weight excluding hydrogens is 394 g/mol. The SMILES string of the molecule is CCCCCCN1C(N)=Nc2ccn(Cc3cc(-c4nn[nH]n4)ccc3OC)c2C1N. The van der Waals surface area contributed by atoms with Gasteiger partial charge >= 0.3 is 0 Å². The van der Waals surface area contributed by atoms with Crippen LogP contribution in [0.5, 0.6) is 5.75 Å². The van der Waals surface area contributed by atoms with E-state index in [0.29, 0.717) is 18.3 Å². The summed E-state index contributed by atoms with van der Waals surface area (Å²) in [5, 5.41) is 14.3. The van der Waals surface area contributed by atoms with E-state index >= 15 is 0 Å². The van der Waals surface area contributed by atoms with Crippen LogP contribution < -0.4 is 16.2 Å². The van der Waals surface area contributed by atoms with Crippen LogP contribution in [0.3, 0.4) is 0 Å². The van der Waals surface area contributed by atoms with E-state index in [0.717, 1.165) is 47.6 Å². The molecule has 4 rings (SSSR count). The molecule has 10 heteroatoms. The van der Waals surface area contributed by atoms with E-state index < -0.39 is 0 Å². The summed E-state index contributed by atoms with van der Waals surface area (Å²) in [6.45, 7) is 3.55. The van der Waals surface area contributed by atoms with Crippen LogP contribution in [0.25, 0.3) is 11.4 Å². The number of unbranched alkanes of at least 4 members (excludes halogenated alkanes) is 3. The summed E-state index contributed by atoms with van der Waals surface area (Å²) in [7, 11) is 1.66. The number of methoxy groups -OCH3 is 1. The van der Waals surface area contributed by atoms with Crippen molar-refractivity contribution in [3.63, 3.8) is 0 Å². The zero-order valence-corrected chi connectivity index (χ0v) is 18.0. The lowest BCUT2D eigenvalue weighted by atomic mass is 10.1. The number of nitrogens with one attached hydrogen (secondary N) is 1. The van der Waals surface area contributed by atoms with Gasteiger partial charge < -0.3 is 25.7 Å². The van der Waals surface area contributed by atoms with Crippen molar-refractivity contribution in [2.75, 3.05) is 13.7 Å². The van der Waals surface area contributed by atoms with Gasteiger partial charge in [-0.1, -0.05) is 26.2 Å². The highest BCUT2D eigenvalue weighted by Crippen LogP contribution is 2.34. The first kappa shape index (κ1) is 20.9. The molecule has 0 radical (unpaired) electrons. The van der Waals surface area contributed by atoms with Crippen LogP contribution in [0, 0.1) is 0 Å². The first-order valence-electron chi connectivity index (χ1n) is 10.6. The number of rotatable bonds is 9. The van der Waals surface area contributed by atoms with Gasteiger partial charge in [-0.15, -0.1) is 10.2 Å². The number of tetrazole rings is 1. The normalized spacial score (nSPS) is 15.6. The van der Waals surface area contributed by atoms with Crippen LogP contribution in [0.4, 0.5) is 5.69 Å². The van der Waals surface area contributed by atoms with Crippen LogP contribution in [-0.2, 0) is 6.54 Å². The van der Waals surface area contributed by atoms with Gasteiger partial charge in [0.2, 0.25) is 5.82 Å². The molecule has 1 aromatic carbocycles. The maximum Gasteiger partial charge on any atom is 0.204 e. The highest BCUT2D eigenvalue weighted by molar-refractivity contribution is 5.84. The summed E-state index contributed by atoms with van der Waals surface area (Å²) in [4.78, 5) is 6.58. The summed E-state index contributed by atoms with van der Waals surface area (Å²) in [6, 6.07) is 7.77. The van der Waals surface area contributed by atoms with Gasteiger partial charge in [-0.05, 0) is 35.9 Å². The molecule has 0 fully saturated rings. The molecule has 2 aromatic heterocycles. The monoisotopic (exact) mass is 423 g/mol. The molecule has 0 saturated heterocycles. The molecule has 5 N–H and O–H groups in total. The number of H-pyrrole nitrogens is 1. The minimum absolute atomic E-state index is 0.351. The highest BCUT2D eigenvalue weighted by atomic mass is 16.5. The molecule has 31 heavy (non-hydrogen) atoms. The Kier molecular flexibility index (Phi) is 6.17. The van der Waals surface area contributed by atoms with E-state index in [1.54, 1.807) is 7.11 Å². The van der Waals surface area contributed by atoms with Gasteiger partial charge in [-0.2, -0.15) is 5.21 Å². The fraction of sp³-hybridized carbons (Fsp3) is 0.429. The Hall–Kier alpha value is -3.40. The van der Waals surface area contributed by atoms with E-state index in [4.69, 9.17) is 16.2 Å². The lowest BCUT2D eigenvalue weighted by Gasteiger charge is -2.34. The van der Waals surface area contributed by atoms with Crippen molar-refractivity contribution in [2.24, 2.45) is 16.5 Å². The van der Waals surface area contributed by atoms with Crippen molar-refractivity contribution in [1.82, 2.24) is 30.1 Å². The summed E-state index contributed by atoms with van der Waals surface area (Å²) in [5.74, 6) is 1.79. The molecule has 10 nitrogen and oxygen atoms in total.